The largest absolute Gasteiger partial charge is 0.493 e. The first-order valence-corrected chi connectivity index (χ1v) is 12.5. The van der Waals surface area contributed by atoms with Gasteiger partial charge in [0.25, 0.3) is 5.91 Å². The van der Waals surface area contributed by atoms with E-state index in [1.165, 1.54) is 12.1 Å². The zero-order chi connectivity index (χ0) is 24.7. The first-order chi connectivity index (χ1) is 16.2. The van der Waals surface area contributed by atoms with E-state index < -0.39 is 22.8 Å². The molecule has 0 spiro atoms. The third kappa shape index (κ3) is 6.92. The summed E-state index contributed by atoms with van der Waals surface area (Å²) in [6.45, 7) is 2.34. The number of aromatic nitrogens is 1. The SMILES string of the molecule is CCCCCCCCOc1ccc(Nc2nc(-c3cc(F)sc3C(N)=O)cs2)cc1C(F)(F)F. The van der Waals surface area contributed by atoms with Crippen molar-refractivity contribution in [3.63, 3.8) is 0 Å². The second-order valence-corrected chi connectivity index (χ2v) is 9.51. The van der Waals surface area contributed by atoms with Gasteiger partial charge in [-0.15, -0.1) is 11.3 Å². The molecule has 5 nitrogen and oxygen atoms in total. The lowest BCUT2D eigenvalue weighted by atomic mass is 10.1. The Morgan fingerprint density at radius 3 is 2.59 bits per heavy atom. The molecule has 0 saturated heterocycles. The number of nitrogens with two attached hydrogens (primary N) is 1. The van der Waals surface area contributed by atoms with Crippen molar-refractivity contribution in [3.8, 4) is 17.0 Å². The molecule has 2 aromatic heterocycles. The predicted molar refractivity (Wildman–Crippen MR) is 128 cm³/mol. The number of primary amides is 1. The van der Waals surface area contributed by atoms with Crippen LogP contribution >= 0.6 is 22.7 Å². The molecule has 0 aliphatic carbocycles. The minimum absolute atomic E-state index is 0.0283. The van der Waals surface area contributed by atoms with E-state index >= 15 is 0 Å². The third-order valence-electron chi connectivity index (χ3n) is 5.00. The number of nitrogens with zero attached hydrogens (tertiary/aromatic N) is 1. The number of unbranched alkanes of at least 4 members (excludes halogenated alkanes) is 5. The Bertz CT molecular complexity index is 1110. The summed E-state index contributed by atoms with van der Waals surface area (Å²) in [5.41, 5.74) is 5.13. The van der Waals surface area contributed by atoms with E-state index in [-0.39, 0.29) is 33.6 Å². The molecule has 0 radical (unpaired) electrons. The summed E-state index contributed by atoms with van der Waals surface area (Å²) >= 11 is 1.72. The van der Waals surface area contributed by atoms with Crippen molar-refractivity contribution in [1.29, 1.82) is 0 Å². The molecule has 0 bridgehead atoms. The summed E-state index contributed by atoms with van der Waals surface area (Å²) in [4.78, 5) is 15.8. The number of benzene rings is 1. The summed E-state index contributed by atoms with van der Waals surface area (Å²) in [7, 11) is 0. The highest BCUT2D eigenvalue weighted by Gasteiger charge is 2.35. The van der Waals surface area contributed by atoms with Crippen LogP contribution in [-0.2, 0) is 6.18 Å². The van der Waals surface area contributed by atoms with E-state index in [1.54, 1.807) is 5.38 Å². The van der Waals surface area contributed by atoms with Gasteiger partial charge in [-0.1, -0.05) is 50.4 Å². The van der Waals surface area contributed by atoms with Gasteiger partial charge in [-0.05, 0) is 30.7 Å². The molecule has 0 unspecified atom stereocenters. The first kappa shape index (κ1) is 26.0. The van der Waals surface area contributed by atoms with Crippen molar-refractivity contribution < 1.29 is 27.1 Å². The molecule has 0 aliphatic heterocycles. The predicted octanol–water partition coefficient (Wildman–Crippen LogP) is 7.61. The van der Waals surface area contributed by atoms with Crippen LogP contribution in [0.25, 0.3) is 11.3 Å². The molecule has 2 heterocycles. The van der Waals surface area contributed by atoms with Gasteiger partial charge in [-0.2, -0.15) is 17.6 Å². The normalized spacial score (nSPS) is 11.6. The molecule has 0 aliphatic rings. The maximum atomic E-state index is 13.6. The molecule has 3 aromatic rings. The average Bonchev–Trinajstić information content (AvgIpc) is 3.39. The average molecular weight is 516 g/mol. The van der Waals surface area contributed by atoms with E-state index in [1.807, 2.05) is 0 Å². The van der Waals surface area contributed by atoms with Crippen molar-refractivity contribution in [2.75, 3.05) is 11.9 Å². The summed E-state index contributed by atoms with van der Waals surface area (Å²) in [5.74, 6) is -0.996. The fraction of sp³-hybridized carbons (Fsp3) is 0.391. The van der Waals surface area contributed by atoms with E-state index in [0.29, 0.717) is 23.5 Å². The smallest absolute Gasteiger partial charge is 0.420 e. The second-order valence-electron chi connectivity index (χ2n) is 7.65. The van der Waals surface area contributed by atoms with Crippen LogP contribution in [0.5, 0.6) is 5.75 Å². The van der Waals surface area contributed by atoms with E-state index in [9.17, 15) is 22.4 Å². The van der Waals surface area contributed by atoms with Crippen LogP contribution < -0.4 is 15.8 Å². The van der Waals surface area contributed by atoms with Gasteiger partial charge in [0, 0.05) is 16.6 Å². The molecule has 0 saturated carbocycles. The molecule has 3 N–H and O–H groups in total. The Kier molecular flexibility index (Phi) is 8.90. The second kappa shape index (κ2) is 11.7. The number of rotatable bonds is 12. The maximum Gasteiger partial charge on any atom is 0.420 e. The van der Waals surface area contributed by atoms with Crippen LogP contribution in [0.1, 0.15) is 60.7 Å². The molecule has 0 atom stereocenters. The Hall–Kier alpha value is -2.66. The van der Waals surface area contributed by atoms with Gasteiger partial charge in [0.05, 0.1) is 17.9 Å². The lowest BCUT2D eigenvalue weighted by Gasteiger charge is -2.15. The van der Waals surface area contributed by atoms with Crippen LogP contribution in [-0.4, -0.2) is 17.5 Å². The summed E-state index contributed by atoms with van der Waals surface area (Å²) in [6, 6.07) is 4.89. The standard InChI is InChI=1S/C23H25F4N3O2S2/c1-2-3-4-5-6-7-10-32-18-9-8-14(11-16(18)23(25,26)27)29-22-30-17(13-33-22)15-12-19(24)34-20(15)21(28)31/h8-9,11-13H,2-7,10H2,1H3,(H2,28,31)(H,29,30). The van der Waals surface area contributed by atoms with Gasteiger partial charge in [-0.25, -0.2) is 4.98 Å². The summed E-state index contributed by atoms with van der Waals surface area (Å²) in [5, 5.41) is 4.10. The molecular weight excluding hydrogens is 490 g/mol. The number of nitrogens with one attached hydrogen (secondary N) is 1. The van der Waals surface area contributed by atoms with Crippen LogP contribution in [0.4, 0.5) is 28.4 Å². The minimum atomic E-state index is -4.59. The molecular formula is C23H25F4N3O2S2. The van der Waals surface area contributed by atoms with Gasteiger partial charge in [0.2, 0.25) is 0 Å². The fourth-order valence-corrected chi connectivity index (χ4v) is 4.81. The molecule has 1 amide bonds. The van der Waals surface area contributed by atoms with Crippen molar-refractivity contribution in [2.24, 2.45) is 5.73 Å². The molecule has 11 heteroatoms. The molecule has 0 fully saturated rings. The van der Waals surface area contributed by atoms with Crippen molar-refractivity contribution in [3.05, 3.63) is 45.2 Å². The number of hydrogen-bond donors (Lipinski definition) is 2. The minimum Gasteiger partial charge on any atom is -0.493 e. The van der Waals surface area contributed by atoms with Crippen molar-refractivity contribution in [1.82, 2.24) is 4.98 Å². The lowest BCUT2D eigenvalue weighted by molar-refractivity contribution is -0.138. The van der Waals surface area contributed by atoms with E-state index in [4.69, 9.17) is 10.5 Å². The number of halogens is 4. The number of hydrogen-bond acceptors (Lipinski definition) is 6. The highest BCUT2D eigenvalue weighted by Crippen LogP contribution is 2.39. The van der Waals surface area contributed by atoms with Gasteiger partial charge in [0.15, 0.2) is 10.3 Å². The van der Waals surface area contributed by atoms with E-state index in [2.05, 4.69) is 17.2 Å². The molecule has 184 valence electrons. The number of alkyl halides is 3. The van der Waals surface area contributed by atoms with Crippen LogP contribution in [0, 0.1) is 5.13 Å². The first-order valence-electron chi connectivity index (χ1n) is 10.8. The number of amides is 1. The fourth-order valence-electron chi connectivity index (χ4n) is 3.33. The number of carbonyl (C=O) groups is 1. The van der Waals surface area contributed by atoms with Crippen LogP contribution in [0.2, 0.25) is 0 Å². The van der Waals surface area contributed by atoms with Crippen LogP contribution in [0.15, 0.2) is 29.6 Å². The number of carbonyl (C=O) groups excluding carboxylic acids is 1. The quantitative estimate of drug-likeness (QED) is 0.192. The number of thiophene rings is 1. The van der Waals surface area contributed by atoms with Crippen molar-refractivity contribution >= 4 is 39.4 Å². The highest BCUT2D eigenvalue weighted by atomic mass is 32.1. The summed E-state index contributed by atoms with van der Waals surface area (Å²) < 4.78 is 59.9. The van der Waals surface area contributed by atoms with Crippen molar-refractivity contribution in [2.45, 2.75) is 51.6 Å². The highest BCUT2D eigenvalue weighted by molar-refractivity contribution is 7.14. The van der Waals surface area contributed by atoms with Gasteiger partial charge >= 0.3 is 6.18 Å². The number of thiazole rings is 1. The number of ether oxygens (including phenoxy) is 1. The summed E-state index contributed by atoms with van der Waals surface area (Å²) in [6.07, 6.45) is 1.47. The number of anilines is 2. The monoisotopic (exact) mass is 515 g/mol. The van der Waals surface area contributed by atoms with Gasteiger partial charge in [0.1, 0.15) is 10.6 Å². The third-order valence-corrected chi connectivity index (χ3v) is 6.69. The Labute approximate surface area is 203 Å². The lowest BCUT2D eigenvalue weighted by Crippen LogP contribution is -2.10. The molecule has 34 heavy (non-hydrogen) atoms. The zero-order valence-electron chi connectivity index (χ0n) is 18.5. The Morgan fingerprint density at radius 2 is 1.88 bits per heavy atom. The Balaban J connectivity index is 1.69. The Morgan fingerprint density at radius 1 is 1.15 bits per heavy atom. The zero-order valence-corrected chi connectivity index (χ0v) is 20.1. The van der Waals surface area contributed by atoms with E-state index in [0.717, 1.165) is 55.6 Å². The molecule has 1 aromatic carbocycles. The maximum absolute atomic E-state index is 13.6. The van der Waals surface area contributed by atoms with Crippen LogP contribution in [0.3, 0.4) is 0 Å². The van der Waals surface area contributed by atoms with Gasteiger partial charge in [-0.3, -0.25) is 4.79 Å². The topological polar surface area (TPSA) is 77.2 Å². The molecule has 3 rings (SSSR count). The van der Waals surface area contributed by atoms with Gasteiger partial charge < -0.3 is 15.8 Å².